The fourth-order valence-electron chi connectivity index (χ4n) is 2.47. The number of piperidine rings is 1. The Balaban J connectivity index is 1.86. The van der Waals surface area contributed by atoms with Crippen LogP contribution in [0.25, 0.3) is 0 Å². The molecule has 0 radical (unpaired) electrons. The molecule has 1 unspecified atom stereocenters. The molecule has 2 N–H and O–H groups in total. The zero-order chi connectivity index (χ0) is 14.4. The van der Waals surface area contributed by atoms with Gasteiger partial charge < -0.3 is 15.3 Å². The van der Waals surface area contributed by atoms with Crippen LogP contribution in [0.4, 0.5) is 11.4 Å². The molecule has 4 heteroatoms. The lowest BCUT2D eigenvalue weighted by Gasteiger charge is -2.28. The minimum atomic E-state index is -0.428. The Morgan fingerprint density at radius 3 is 2.50 bits per heavy atom. The lowest BCUT2D eigenvalue weighted by Crippen LogP contribution is -2.29. The summed E-state index contributed by atoms with van der Waals surface area (Å²) in [7, 11) is 0. The molecule has 0 saturated carbocycles. The van der Waals surface area contributed by atoms with Crippen LogP contribution in [0, 0.1) is 0 Å². The summed E-state index contributed by atoms with van der Waals surface area (Å²) < 4.78 is 0. The predicted octanol–water partition coefficient (Wildman–Crippen LogP) is 2.78. The number of aliphatic hydroxyl groups excluding tert-OH is 1. The molecule has 1 aliphatic rings. The molecule has 0 spiro atoms. The van der Waals surface area contributed by atoms with Crippen molar-refractivity contribution in [2.24, 2.45) is 0 Å². The Morgan fingerprint density at radius 2 is 1.90 bits per heavy atom. The van der Waals surface area contributed by atoms with Crippen LogP contribution in [0.15, 0.2) is 24.3 Å². The number of hydrogen-bond donors (Lipinski definition) is 2. The molecule has 1 saturated heterocycles. The molecular formula is C16H24N2O2. The topological polar surface area (TPSA) is 52.6 Å². The average Bonchev–Trinajstić information content (AvgIpc) is 2.47. The second-order valence-corrected chi connectivity index (χ2v) is 5.53. The van der Waals surface area contributed by atoms with Crippen molar-refractivity contribution < 1.29 is 9.90 Å². The van der Waals surface area contributed by atoms with Gasteiger partial charge in [-0.1, -0.05) is 0 Å². The van der Waals surface area contributed by atoms with Gasteiger partial charge in [-0.3, -0.25) is 4.79 Å². The second-order valence-electron chi connectivity index (χ2n) is 5.53. The van der Waals surface area contributed by atoms with E-state index < -0.39 is 6.10 Å². The molecule has 1 heterocycles. The van der Waals surface area contributed by atoms with E-state index in [1.54, 1.807) is 6.92 Å². The summed E-state index contributed by atoms with van der Waals surface area (Å²) in [6.07, 6.45) is 4.27. The van der Waals surface area contributed by atoms with E-state index in [9.17, 15) is 4.79 Å². The quantitative estimate of drug-likeness (QED) is 0.869. The monoisotopic (exact) mass is 276 g/mol. The Hall–Kier alpha value is -1.55. The number of nitrogens with zero attached hydrogens (tertiary/aromatic N) is 1. The molecular weight excluding hydrogens is 252 g/mol. The molecule has 0 bridgehead atoms. The molecule has 1 aliphatic heterocycles. The van der Waals surface area contributed by atoms with Crippen molar-refractivity contribution in [3.05, 3.63) is 24.3 Å². The maximum Gasteiger partial charge on any atom is 0.224 e. The van der Waals surface area contributed by atoms with Gasteiger partial charge in [0.15, 0.2) is 0 Å². The summed E-state index contributed by atoms with van der Waals surface area (Å²) in [5, 5.41) is 12.0. The molecule has 1 amide bonds. The smallest absolute Gasteiger partial charge is 0.224 e. The summed E-state index contributed by atoms with van der Waals surface area (Å²) in [5.74, 6) is -0.0448. The van der Waals surface area contributed by atoms with E-state index in [1.807, 2.05) is 12.1 Å². The number of carbonyl (C=O) groups excluding carboxylic acids is 1. The Bertz CT molecular complexity index is 423. The first-order valence-corrected chi connectivity index (χ1v) is 7.48. The van der Waals surface area contributed by atoms with Gasteiger partial charge >= 0.3 is 0 Å². The maximum absolute atomic E-state index is 11.7. The van der Waals surface area contributed by atoms with Crippen LogP contribution < -0.4 is 10.2 Å². The number of carbonyl (C=O) groups is 1. The van der Waals surface area contributed by atoms with Gasteiger partial charge in [-0.25, -0.2) is 0 Å². The number of aliphatic hydroxyl groups is 1. The van der Waals surface area contributed by atoms with Gasteiger partial charge in [-0.2, -0.15) is 0 Å². The van der Waals surface area contributed by atoms with Crippen LogP contribution in [-0.2, 0) is 4.79 Å². The van der Waals surface area contributed by atoms with Gasteiger partial charge in [0.25, 0.3) is 0 Å². The van der Waals surface area contributed by atoms with Crippen molar-refractivity contribution >= 4 is 17.3 Å². The summed E-state index contributed by atoms with van der Waals surface area (Å²) in [5.41, 5.74) is 2.05. The third kappa shape index (κ3) is 4.53. The van der Waals surface area contributed by atoms with E-state index in [0.717, 1.165) is 18.8 Å². The highest BCUT2D eigenvalue weighted by Gasteiger charge is 2.11. The van der Waals surface area contributed by atoms with Gasteiger partial charge in [-0.15, -0.1) is 0 Å². The zero-order valence-electron chi connectivity index (χ0n) is 12.1. The molecule has 0 aromatic heterocycles. The normalized spacial score (nSPS) is 16.8. The van der Waals surface area contributed by atoms with E-state index in [4.69, 9.17) is 5.11 Å². The third-order valence-electron chi connectivity index (χ3n) is 3.66. The van der Waals surface area contributed by atoms with Crippen molar-refractivity contribution in [3.63, 3.8) is 0 Å². The van der Waals surface area contributed by atoms with Crippen LogP contribution in [-0.4, -0.2) is 30.2 Å². The van der Waals surface area contributed by atoms with Crippen LogP contribution in [0.5, 0.6) is 0 Å². The fraction of sp³-hybridized carbons (Fsp3) is 0.562. The second kappa shape index (κ2) is 7.29. The molecule has 1 fully saturated rings. The number of anilines is 2. The van der Waals surface area contributed by atoms with Gasteiger partial charge in [-0.05, 0) is 56.9 Å². The first-order valence-electron chi connectivity index (χ1n) is 7.48. The number of nitrogens with one attached hydrogen (secondary N) is 1. The first kappa shape index (κ1) is 14.9. The molecule has 2 rings (SSSR count). The summed E-state index contributed by atoms with van der Waals surface area (Å²) >= 11 is 0. The van der Waals surface area contributed by atoms with Crippen LogP contribution in [0.1, 0.15) is 39.0 Å². The number of amides is 1. The summed E-state index contributed by atoms with van der Waals surface area (Å²) in [6.45, 7) is 3.95. The SMILES string of the molecule is CC(O)CCC(=O)Nc1ccc(N2CCCCC2)cc1. The Kier molecular flexibility index (Phi) is 5.41. The molecule has 20 heavy (non-hydrogen) atoms. The highest BCUT2D eigenvalue weighted by Crippen LogP contribution is 2.21. The molecule has 4 nitrogen and oxygen atoms in total. The Morgan fingerprint density at radius 1 is 1.25 bits per heavy atom. The van der Waals surface area contributed by atoms with E-state index in [1.165, 1.54) is 24.9 Å². The van der Waals surface area contributed by atoms with E-state index in [0.29, 0.717) is 12.8 Å². The Labute approximate surface area is 120 Å². The number of hydrogen-bond acceptors (Lipinski definition) is 3. The average molecular weight is 276 g/mol. The minimum absolute atomic E-state index is 0.0448. The molecule has 0 aliphatic carbocycles. The lowest BCUT2D eigenvalue weighted by molar-refractivity contribution is -0.116. The molecule has 1 atom stereocenters. The van der Waals surface area contributed by atoms with Gasteiger partial charge in [0, 0.05) is 30.9 Å². The highest BCUT2D eigenvalue weighted by atomic mass is 16.3. The van der Waals surface area contributed by atoms with Crippen molar-refractivity contribution in [3.8, 4) is 0 Å². The van der Waals surface area contributed by atoms with E-state index >= 15 is 0 Å². The van der Waals surface area contributed by atoms with Crippen LogP contribution >= 0.6 is 0 Å². The zero-order valence-corrected chi connectivity index (χ0v) is 12.1. The lowest BCUT2D eigenvalue weighted by atomic mass is 10.1. The number of benzene rings is 1. The summed E-state index contributed by atoms with van der Waals surface area (Å²) in [6, 6.07) is 8.03. The van der Waals surface area contributed by atoms with E-state index in [-0.39, 0.29) is 5.91 Å². The highest BCUT2D eigenvalue weighted by molar-refractivity contribution is 5.90. The maximum atomic E-state index is 11.7. The third-order valence-corrected chi connectivity index (χ3v) is 3.66. The molecule has 110 valence electrons. The largest absolute Gasteiger partial charge is 0.393 e. The van der Waals surface area contributed by atoms with Crippen LogP contribution in [0.3, 0.4) is 0 Å². The molecule has 1 aromatic carbocycles. The number of rotatable bonds is 5. The van der Waals surface area contributed by atoms with Crippen molar-refractivity contribution in [1.82, 2.24) is 0 Å². The molecule has 1 aromatic rings. The predicted molar refractivity (Wildman–Crippen MR) is 82.1 cm³/mol. The van der Waals surface area contributed by atoms with Gasteiger partial charge in [0.05, 0.1) is 6.10 Å². The van der Waals surface area contributed by atoms with E-state index in [2.05, 4.69) is 22.3 Å². The summed E-state index contributed by atoms with van der Waals surface area (Å²) in [4.78, 5) is 14.1. The van der Waals surface area contributed by atoms with Gasteiger partial charge in [0.2, 0.25) is 5.91 Å². The van der Waals surface area contributed by atoms with Gasteiger partial charge in [0.1, 0.15) is 0 Å². The van der Waals surface area contributed by atoms with Crippen molar-refractivity contribution in [2.45, 2.75) is 45.1 Å². The first-order chi connectivity index (χ1) is 9.65. The fourth-order valence-corrected chi connectivity index (χ4v) is 2.47. The minimum Gasteiger partial charge on any atom is -0.393 e. The standard InChI is InChI=1S/C16H24N2O2/c1-13(19)5-10-16(20)17-14-6-8-15(9-7-14)18-11-3-2-4-12-18/h6-9,13,19H,2-5,10-12H2,1H3,(H,17,20). The van der Waals surface area contributed by atoms with Crippen molar-refractivity contribution in [2.75, 3.05) is 23.3 Å². The van der Waals surface area contributed by atoms with Crippen LogP contribution in [0.2, 0.25) is 0 Å². The van der Waals surface area contributed by atoms with Crippen molar-refractivity contribution in [1.29, 1.82) is 0 Å².